The highest BCUT2D eigenvalue weighted by molar-refractivity contribution is 5.86. The Balaban J connectivity index is 2.49. The molecule has 4 heteroatoms. The zero-order valence-electron chi connectivity index (χ0n) is 17.5. The minimum absolute atomic E-state index is 0.561. The van der Waals surface area contributed by atoms with Crippen LogP contribution in [0.4, 0.5) is 5.69 Å². The van der Waals surface area contributed by atoms with Crippen LogP contribution in [0.5, 0.6) is 0 Å². The SMILES string of the molecule is C=C(/C=C\N=C(C)OCCCOCC(C)C)C(=C)c1cc(C)ccc1NC. The maximum Gasteiger partial charge on any atom is 0.184 e. The van der Waals surface area contributed by atoms with Crippen molar-refractivity contribution < 1.29 is 9.47 Å². The maximum atomic E-state index is 5.58. The third kappa shape index (κ3) is 8.74. The molecule has 1 rings (SSSR count). The highest BCUT2D eigenvalue weighted by Crippen LogP contribution is 2.28. The van der Waals surface area contributed by atoms with Crippen molar-refractivity contribution in [2.75, 3.05) is 32.2 Å². The first-order chi connectivity index (χ1) is 12.8. The molecule has 0 unspecified atom stereocenters. The summed E-state index contributed by atoms with van der Waals surface area (Å²) in [5.41, 5.74) is 4.95. The van der Waals surface area contributed by atoms with Gasteiger partial charge in [0.25, 0.3) is 0 Å². The van der Waals surface area contributed by atoms with Gasteiger partial charge in [-0.25, -0.2) is 4.99 Å². The van der Waals surface area contributed by atoms with Crippen molar-refractivity contribution >= 4 is 17.2 Å². The average molecular weight is 371 g/mol. The Morgan fingerprint density at radius 3 is 2.67 bits per heavy atom. The first-order valence-corrected chi connectivity index (χ1v) is 9.43. The summed E-state index contributed by atoms with van der Waals surface area (Å²) in [6.45, 7) is 18.6. The van der Waals surface area contributed by atoms with Gasteiger partial charge in [-0.2, -0.15) is 0 Å². The summed E-state index contributed by atoms with van der Waals surface area (Å²) >= 11 is 0. The van der Waals surface area contributed by atoms with Crippen LogP contribution in [0.1, 0.15) is 38.3 Å². The minimum Gasteiger partial charge on any atom is -0.481 e. The molecular formula is C23H34N2O2. The number of aliphatic imine (C=N–C) groups is 1. The van der Waals surface area contributed by atoms with Crippen LogP contribution in [-0.2, 0) is 9.47 Å². The zero-order chi connectivity index (χ0) is 20.2. The van der Waals surface area contributed by atoms with Crippen molar-refractivity contribution in [1.82, 2.24) is 0 Å². The molecule has 0 aliphatic carbocycles. The van der Waals surface area contributed by atoms with Gasteiger partial charge < -0.3 is 14.8 Å². The van der Waals surface area contributed by atoms with Crippen molar-refractivity contribution in [3.05, 3.63) is 60.3 Å². The monoisotopic (exact) mass is 370 g/mol. The molecule has 0 amide bonds. The van der Waals surface area contributed by atoms with Crippen LogP contribution in [-0.4, -0.2) is 32.8 Å². The third-order valence-corrected chi connectivity index (χ3v) is 3.88. The fraction of sp³-hybridized carbons (Fsp3) is 0.435. The van der Waals surface area contributed by atoms with Crippen molar-refractivity contribution in [3.63, 3.8) is 0 Å². The highest BCUT2D eigenvalue weighted by Gasteiger charge is 2.07. The van der Waals surface area contributed by atoms with Crippen LogP contribution in [0.2, 0.25) is 0 Å². The van der Waals surface area contributed by atoms with E-state index in [-0.39, 0.29) is 0 Å². The van der Waals surface area contributed by atoms with Crippen molar-refractivity contribution in [2.24, 2.45) is 10.9 Å². The fourth-order valence-corrected chi connectivity index (χ4v) is 2.37. The Morgan fingerprint density at radius 2 is 2.00 bits per heavy atom. The Bertz CT molecular complexity index is 688. The number of hydrogen-bond acceptors (Lipinski definition) is 4. The van der Waals surface area contributed by atoms with Crippen molar-refractivity contribution in [3.8, 4) is 0 Å². The summed E-state index contributed by atoms with van der Waals surface area (Å²) in [5.74, 6) is 1.19. The first-order valence-electron chi connectivity index (χ1n) is 9.43. The molecule has 0 aliphatic rings. The van der Waals surface area contributed by atoms with Gasteiger partial charge in [0.2, 0.25) is 0 Å². The smallest absolute Gasteiger partial charge is 0.184 e. The molecule has 0 aromatic heterocycles. The molecule has 0 radical (unpaired) electrons. The molecule has 0 aliphatic heterocycles. The molecule has 148 valence electrons. The summed E-state index contributed by atoms with van der Waals surface area (Å²) < 4.78 is 11.1. The van der Waals surface area contributed by atoms with E-state index in [1.54, 1.807) is 6.20 Å². The van der Waals surface area contributed by atoms with E-state index in [0.29, 0.717) is 25.0 Å². The van der Waals surface area contributed by atoms with Crippen molar-refractivity contribution in [1.29, 1.82) is 0 Å². The van der Waals surface area contributed by atoms with Gasteiger partial charge in [-0.15, -0.1) is 0 Å². The molecule has 0 bridgehead atoms. The Labute approximate surface area is 164 Å². The van der Waals surface area contributed by atoms with Crippen LogP contribution < -0.4 is 5.32 Å². The molecule has 1 aromatic carbocycles. The standard InChI is InChI=1S/C23H34N2O2/c1-17(2)16-26-13-8-14-27-21(6)25-12-11-19(4)20(5)22-15-18(3)9-10-23(22)24-7/h9-12,15,17,24H,4-5,8,13-14,16H2,1-3,6-7H3/b12-11-,25-21?. The van der Waals surface area contributed by atoms with Crippen LogP contribution in [0.25, 0.3) is 5.57 Å². The van der Waals surface area contributed by atoms with Gasteiger partial charge in [0.05, 0.1) is 6.61 Å². The number of allylic oxidation sites excluding steroid dienone is 3. The maximum absolute atomic E-state index is 5.58. The lowest BCUT2D eigenvalue weighted by Crippen LogP contribution is -2.07. The van der Waals surface area contributed by atoms with E-state index in [4.69, 9.17) is 9.47 Å². The number of hydrogen-bond donors (Lipinski definition) is 1. The van der Waals surface area contributed by atoms with Gasteiger partial charge in [0.15, 0.2) is 5.90 Å². The van der Waals surface area contributed by atoms with E-state index in [9.17, 15) is 0 Å². The normalized spacial score (nSPS) is 11.9. The molecule has 27 heavy (non-hydrogen) atoms. The molecule has 0 saturated carbocycles. The number of anilines is 1. The van der Waals surface area contributed by atoms with E-state index in [1.165, 1.54) is 5.56 Å². The molecular weight excluding hydrogens is 336 g/mol. The summed E-state index contributed by atoms with van der Waals surface area (Å²) in [5, 5.41) is 3.19. The lowest BCUT2D eigenvalue weighted by molar-refractivity contribution is 0.0968. The summed E-state index contributed by atoms with van der Waals surface area (Å²) in [6.07, 6.45) is 4.41. The first kappa shape index (κ1) is 22.7. The minimum atomic E-state index is 0.561. The van der Waals surface area contributed by atoms with E-state index < -0.39 is 0 Å². The lowest BCUT2D eigenvalue weighted by atomic mass is 9.97. The fourth-order valence-electron chi connectivity index (χ4n) is 2.37. The highest BCUT2D eigenvalue weighted by atomic mass is 16.5. The summed E-state index contributed by atoms with van der Waals surface area (Å²) in [6, 6.07) is 6.22. The topological polar surface area (TPSA) is 42.9 Å². The van der Waals surface area contributed by atoms with Crippen molar-refractivity contribution in [2.45, 2.75) is 34.1 Å². The number of rotatable bonds is 11. The van der Waals surface area contributed by atoms with E-state index >= 15 is 0 Å². The number of nitrogens with zero attached hydrogens (tertiary/aromatic N) is 1. The number of ether oxygens (including phenoxy) is 2. The summed E-state index contributed by atoms with van der Waals surface area (Å²) in [7, 11) is 1.90. The van der Waals surface area contributed by atoms with Gasteiger partial charge in [0.1, 0.15) is 0 Å². The van der Waals surface area contributed by atoms with Crippen LogP contribution in [0.15, 0.2) is 54.2 Å². The quantitative estimate of drug-likeness (QED) is 0.238. The lowest BCUT2D eigenvalue weighted by Gasteiger charge is -2.13. The predicted molar refractivity (Wildman–Crippen MR) is 117 cm³/mol. The molecule has 1 aromatic rings. The molecule has 0 spiro atoms. The Kier molecular flexibility index (Phi) is 10.2. The summed E-state index contributed by atoms with van der Waals surface area (Å²) in [4.78, 5) is 4.30. The molecule has 4 nitrogen and oxygen atoms in total. The van der Waals surface area contributed by atoms with E-state index in [2.05, 4.69) is 56.4 Å². The second-order valence-corrected chi connectivity index (χ2v) is 6.94. The van der Waals surface area contributed by atoms with Gasteiger partial charge in [-0.1, -0.05) is 38.6 Å². The Morgan fingerprint density at radius 1 is 1.26 bits per heavy atom. The average Bonchev–Trinajstić information content (AvgIpc) is 2.63. The largest absolute Gasteiger partial charge is 0.481 e. The van der Waals surface area contributed by atoms with Gasteiger partial charge in [0, 0.05) is 51.1 Å². The second kappa shape index (κ2) is 12.1. The number of benzene rings is 1. The molecule has 1 N–H and O–H groups in total. The number of aryl methyl sites for hydroxylation is 1. The van der Waals surface area contributed by atoms with Gasteiger partial charge >= 0.3 is 0 Å². The van der Waals surface area contributed by atoms with E-state index in [0.717, 1.165) is 35.4 Å². The van der Waals surface area contributed by atoms with Crippen LogP contribution >= 0.6 is 0 Å². The third-order valence-electron chi connectivity index (χ3n) is 3.88. The second-order valence-electron chi connectivity index (χ2n) is 6.94. The predicted octanol–water partition coefficient (Wildman–Crippen LogP) is 5.62. The molecule has 0 saturated heterocycles. The van der Waals surface area contributed by atoms with E-state index in [1.807, 2.05) is 26.1 Å². The molecule has 0 fully saturated rings. The van der Waals surface area contributed by atoms with Gasteiger partial charge in [-0.3, -0.25) is 0 Å². The van der Waals surface area contributed by atoms with Gasteiger partial charge in [-0.05, 0) is 42.2 Å². The molecule has 0 heterocycles. The van der Waals surface area contributed by atoms with Crippen LogP contribution in [0, 0.1) is 12.8 Å². The van der Waals surface area contributed by atoms with Crippen LogP contribution in [0.3, 0.4) is 0 Å². The number of nitrogens with one attached hydrogen (secondary N) is 1. The molecule has 0 atom stereocenters. The zero-order valence-corrected chi connectivity index (χ0v) is 17.5. The Hall–Kier alpha value is -2.33.